The number of thioether (sulfide) groups is 1. The zero-order valence-electron chi connectivity index (χ0n) is 12.7. The van der Waals surface area contributed by atoms with Gasteiger partial charge in [0.2, 0.25) is 0 Å². The summed E-state index contributed by atoms with van der Waals surface area (Å²) in [4.78, 5) is 4.64. The van der Waals surface area contributed by atoms with Gasteiger partial charge in [-0.25, -0.2) is 4.98 Å². The van der Waals surface area contributed by atoms with Crippen molar-refractivity contribution in [1.29, 1.82) is 0 Å². The SMILES string of the molecule is CCCC#CCCSc1nc2ccc(NC(=S)NC)cc2s1. The van der Waals surface area contributed by atoms with Crippen LogP contribution in [0.4, 0.5) is 5.69 Å². The lowest BCUT2D eigenvalue weighted by Gasteiger charge is -2.05. The summed E-state index contributed by atoms with van der Waals surface area (Å²) in [7, 11) is 1.80. The summed E-state index contributed by atoms with van der Waals surface area (Å²) in [5, 5.41) is 6.66. The standard InChI is InChI=1S/C16H19N3S3/c1-3-4-5-6-7-10-21-16-19-13-9-8-12(11-14(13)22-16)18-15(20)17-2/h8-9,11H,3-4,7,10H2,1-2H3,(H2,17,18,20). The zero-order chi connectivity index (χ0) is 15.8. The molecule has 0 atom stereocenters. The molecule has 6 heteroatoms. The Kier molecular flexibility index (Phi) is 6.97. The van der Waals surface area contributed by atoms with Crippen molar-refractivity contribution in [3.8, 4) is 11.8 Å². The van der Waals surface area contributed by atoms with E-state index in [-0.39, 0.29) is 0 Å². The Labute approximate surface area is 145 Å². The molecule has 2 aromatic rings. The van der Waals surface area contributed by atoms with Crippen LogP contribution in [-0.2, 0) is 0 Å². The van der Waals surface area contributed by atoms with Crippen LogP contribution in [0.25, 0.3) is 10.2 Å². The summed E-state index contributed by atoms with van der Waals surface area (Å²) in [5.74, 6) is 7.37. The molecule has 0 bridgehead atoms. The predicted molar refractivity (Wildman–Crippen MR) is 103 cm³/mol. The molecular formula is C16H19N3S3. The second kappa shape index (κ2) is 8.99. The van der Waals surface area contributed by atoms with Crippen LogP contribution in [0.15, 0.2) is 22.5 Å². The van der Waals surface area contributed by atoms with E-state index in [4.69, 9.17) is 12.2 Å². The molecule has 22 heavy (non-hydrogen) atoms. The number of rotatable bonds is 5. The lowest BCUT2D eigenvalue weighted by atomic mass is 10.3. The van der Waals surface area contributed by atoms with Gasteiger partial charge in [-0.1, -0.05) is 18.7 Å². The van der Waals surface area contributed by atoms with Gasteiger partial charge in [0.15, 0.2) is 9.45 Å². The van der Waals surface area contributed by atoms with E-state index in [1.165, 1.54) is 4.70 Å². The van der Waals surface area contributed by atoms with Crippen molar-refractivity contribution in [3.05, 3.63) is 18.2 Å². The van der Waals surface area contributed by atoms with Gasteiger partial charge in [-0.3, -0.25) is 0 Å². The van der Waals surface area contributed by atoms with Gasteiger partial charge >= 0.3 is 0 Å². The average molecular weight is 350 g/mol. The van der Waals surface area contributed by atoms with E-state index < -0.39 is 0 Å². The first-order valence-electron chi connectivity index (χ1n) is 7.20. The molecule has 1 heterocycles. The second-order valence-corrected chi connectivity index (χ2v) is 7.35. The summed E-state index contributed by atoms with van der Waals surface area (Å²) in [5.41, 5.74) is 2.02. The summed E-state index contributed by atoms with van der Waals surface area (Å²) >= 11 is 8.60. The van der Waals surface area contributed by atoms with E-state index in [1.54, 1.807) is 30.1 Å². The molecule has 2 rings (SSSR count). The molecule has 0 unspecified atom stereocenters. The van der Waals surface area contributed by atoms with Crippen molar-refractivity contribution in [2.24, 2.45) is 0 Å². The van der Waals surface area contributed by atoms with Crippen molar-refractivity contribution in [1.82, 2.24) is 10.3 Å². The molecule has 116 valence electrons. The van der Waals surface area contributed by atoms with Crippen molar-refractivity contribution in [2.75, 3.05) is 18.1 Å². The molecule has 0 saturated heterocycles. The van der Waals surface area contributed by atoms with Crippen LogP contribution in [0.3, 0.4) is 0 Å². The maximum atomic E-state index is 5.11. The molecule has 1 aromatic carbocycles. The monoisotopic (exact) mass is 349 g/mol. The fraction of sp³-hybridized carbons (Fsp3) is 0.375. The smallest absolute Gasteiger partial charge is 0.170 e. The summed E-state index contributed by atoms with van der Waals surface area (Å²) < 4.78 is 2.27. The summed E-state index contributed by atoms with van der Waals surface area (Å²) in [6.45, 7) is 2.15. The number of aromatic nitrogens is 1. The minimum atomic E-state index is 0.615. The highest BCUT2D eigenvalue weighted by Crippen LogP contribution is 2.31. The third-order valence-corrected chi connectivity index (χ3v) is 5.28. The minimum Gasteiger partial charge on any atom is -0.366 e. The highest BCUT2D eigenvalue weighted by Gasteiger charge is 2.05. The number of thiazole rings is 1. The number of fused-ring (bicyclic) bond motifs is 1. The summed E-state index contributed by atoms with van der Waals surface area (Å²) in [6, 6.07) is 6.11. The first-order valence-corrected chi connectivity index (χ1v) is 9.41. The fourth-order valence-corrected chi connectivity index (χ4v) is 3.88. The second-order valence-electron chi connectivity index (χ2n) is 4.57. The van der Waals surface area contributed by atoms with Crippen LogP contribution in [0, 0.1) is 11.8 Å². The Hall–Kier alpha value is -1.29. The molecule has 1 aromatic heterocycles. The third kappa shape index (κ3) is 5.16. The van der Waals surface area contributed by atoms with Crippen LogP contribution in [0.1, 0.15) is 26.2 Å². The van der Waals surface area contributed by atoms with Crippen molar-refractivity contribution in [3.63, 3.8) is 0 Å². The Morgan fingerprint density at radius 2 is 2.18 bits per heavy atom. The Balaban J connectivity index is 1.95. The van der Waals surface area contributed by atoms with Gasteiger partial charge in [0, 0.05) is 31.3 Å². The Bertz CT molecular complexity index is 697. The van der Waals surface area contributed by atoms with Crippen LogP contribution in [0.2, 0.25) is 0 Å². The number of hydrogen-bond donors (Lipinski definition) is 2. The maximum Gasteiger partial charge on any atom is 0.170 e. The van der Waals surface area contributed by atoms with E-state index in [1.807, 2.05) is 12.1 Å². The number of thiocarbonyl (C=S) groups is 1. The number of benzene rings is 1. The number of hydrogen-bond acceptors (Lipinski definition) is 4. The Morgan fingerprint density at radius 3 is 2.95 bits per heavy atom. The molecule has 0 amide bonds. The topological polar surface area (TPSA) is 37.0 Å². The van der Waals surface area contributed by atoms with E-state index >= 15 is 0 Å². The van der Waals surface area contributed by atoms with Gasteiger partial charge in [-0.15, -0.1) is 23.2 Å². The average Bonchev–Trinajstić information content (AvgIpc) is 2.92. The summed E-state index contributed by atoms with van der Waals surface area (Å²) in [6.07, 6.45) is 3.05. The van der Waals surface area contributed by atoms with Crippen molar-refractivity contribution < 1.29 is 0 Å². The number of nitrogens with zero attached hydrogens (tertiary/aromatic N) is 1. The van der Waals surface area contributed by atoms with E-state index in [0.29, 0.717) is 5.11 Å². The maximum absolute atomic E-state index is 5.11. The normalized spacial score (nSPS) is 10.1. The van der Waals surface area contributed by atoms with Gasteiger partial charge < -0.3 is 10.6 Å². The predicted octanol–water partition coefficient (Wildman–Crippen LogP) is 4.50. The first-order chi connectivity index (χ1) is 10.7. The molecule has 3 nitrogen and oxygen atoms in total. The molecule has 0 aliphatic carbocycles. The molecule has 0 spiro atoms. The Morgan fingerprint density at radius 1 is 1.36 bits per heavy atom. The van der Waals surface area contributed by atoms with Gasteiger partial charge in [0.1, 0.15) is 0 Å². The minimum absolute atomic E-state index is 0.615. The number of nitrogens with one attached hydrogen (secondary N) is 2. The number of anilines is 1. The van der Waals surface area contributed by atoms with Crippen LogP contribution >= 0.6 is 35.3 Å². The van der Waals surface area contributed by atoms with Crippen molar-refractivity contribution in [2.45, 2.75) is 30.5 Å². The van der Waals surface area contributed by atoms with E-state index in [0.717, 1.165) is 40.6 Å². The van der Waals surface area contributed by atoms with Gasteiger partial charge in [0.05, 0.1) is 10.2 Å². The quantitative estimate of drug-likeness (QED) is 0.360. The van der Waals surface area contributed by atoms with Crippen molar-refractivity contribution >= 4 is 56.3 Å². The first kappa shape index (κ1) is 17.1. The molecule has 0 fully saturated rings. The molecule has 2 N–H and O–H groups in total. The van der Waals surface area contributed by atoms with Crippen LogP contribution in [-0.4, -0.2) is 22.9 Å². The lowest BCUT2D eigenvalue weighted by Crippen LogP contribution is -2.23. The zero-order valence-corrected chi connectivity index (χ0v) is 15.2. The van der Waals surface area contributed by atoms with E-state index in [9.17, 15) is 0 Å². The highest BCUT2D eigenvalue weighted by molar-refractivity contribution is 8.01. The van der Waals surface area contributed by atoms with Gasteiger partial charge in [0.25, 0.3) is 0 Å². The van der Waals surface area contributed by atoms with Crippen LogP contribution < -0.4 is 10.6 Å². The lowest BCUT2D eigenvalue weighted by molar-refractivity contribution is 0.981. The third-order valence-electron chi connectivity index (χ3n) is 2.81. The van der Waals surface area contributed by atoms with Crippen LogP contribution in [0.5, 0.6) is 0 Å². The molecule has 0 aliphatic heterocycles. The molecule has 0 aliphatic rings. The fourth-order valence-electron chi connectivity index (χ4n) is 1.73. The highest BCUT2D eigenvalue weighted by atomic mass is 32.2. The largest absolute Gasteiger partial charge is 0.366 e. The number of unbranched alkanes of at least 4 members (excludes halogenated alkanes) is 1. The van der Waals surface area contributed by atoms with Gasteiger partial charge in [-0.2, -0.15) is 0 Å². The molecular weight excluding hydrogens is 330 g/mol. The van der Waals surface area contributed by atoms with E-state index in [2.05, 4.69) is 40.4 Å². The van der Waals surface area contributed by atoms with Gasteiger partial charge in [-0.05, 0) is 36.8 Å². The molecule has 0 saturated carbocycles. The molecule has 0 radical (unpaired) electrons.